The lowest BCUT2D eigenvalue weighted by Crippen LogP contribution is -2.39. The summed E-state index contributed by atoms with van der Waals surface area (Å²) < 4.78 is 3.00. The van der Waals surface area contributed by atoms with Gasteiger partial charge in [0.2, 0.25) is 0 Å². The van der Waals surface area contributed by atoms with E-state index in [9.17, 15) is 4.79 Å². The van der Waals surface area contributed by atoms with Gasteiger partial charge in [0.1, 0.15) is 5.82 Å². The number of piperidine rings is 1. The minimum absolute atomic E-state index is 0.118. The van der Waals surface area contributed by atoms with Crippen molar-refractivity contribution in [3.8, 4) is 0 Å². The number of hydrogen-bond donors (Lipinski definition) is 1. The van der Waals surface area contributed by atoms with Gasteiger partial charge in [0.05, 0.1) is 6.04 Å². The Labute approximate surface area is 137 Å². The molecule has 6 heteroatoms. The number of hydrogen-bond acceptors (Lipinski definition) is 3. The van der Waals surface area contributed by atoms with E-state index in [2.05, 4.69) is 27.7 Å². The van der Waals surface area contributed by atoms with Crippen LogP contribution in [0.1, 0.15) is 29.2 Å². The molecule has 5 nitrogen and oxygen atoms in total. The molecular weight excluding hydrogens is 379 g/mol. The number of amides is 1. The predicted molar refractivity (Wildman–Crippen MR) is 90.0 cm³/mol. The average molecular weight is 396 g/mol. The van der Waals surface area contributed by atoms with Crippen LogP contribution in [0.5, 0.6) is 0 Å². The van der Waals surface area contributed by atoms with Crippen LogP contribution in [0, 0.1) is 3.57 Å². The number of anilines is 1. The van der Waals surface area contributed by atoms with Crippen molar-refractivity contribution < 1.29 is 4.79 Å². The zero-order valence-corrected chi connectivity index (χ0v) is 13.7. The van der Waals surface area contributed by atoms with E-state index in [1.165, 1.54) is 0 Å². The fourth-order valence-corrected chi connectivity index (χ4v) is 3.24. The predicted octanol–water partition coefficient (Wildman–Crippen LogP) is 2.55. The van der Waals surface area contributed by atoms with Gasteiger partial charge < -0.3 is 10.6 Å². The standard InChI is InChI=1S/C15H17IN4O/c16-12-3-1-2-11(10-12)15(21)19-7-4-13(5-8-19)20-9-6-14(17)18-20/h1-3,6,9-10,13H,4-5,7-8H2,(H2,17,18). The van der Waals surface area contributed by atoms with E-state index in [-0.39, 0.29) is 5.91 Å². The van der Waals surface area contributed by atoms with Gasteiger partial charge in [-0.3, -0.25) is 9.48 Å². The smallest absolute Gasteiger partial charge is 0.253 e. The fourth-order valence-electron chi connectivity index (χ4n) is 2.69. The van der Waals surface area contributed by atoms with Crippen LogP contribution in [0.3, 0.4) is 0 Å². The van der Waals surface area contributed by atoms with E-state index in [4.69, 9.17) is 5.73 Å². The van der Waals surface area contributed by atoms with Gasteiger partial charge in [-0.1, -0.05) is 6.07 Å². The number of likely N-dealkylation sites (tertiary alicyclic amines) is 1. The van der Waals surface area contributed by atoms with Gasteiger partial charge in [0, 0.05) is 28.4 Å². The molecule has 0 bridgehead atoms. The van der Waals surface area contributed by atoms with Crippen LogP contribution in [0.2, 0.25) is 0 Å². The van der Waals surface area contributed by atoms with Gasteiger partial charge in [-0.05, 0) is 59.7 Å². The van der Waals surface area contributed by atoms with Gasteiger partial charge in [0.15, 0.2) is 0 Å². The molecule has 0 atom stereocenters. The molecule has 21 heavy (non-hydrogen) atoms. The largest absolute Gasteiger partial charge is 0.382 e. The van der Waals surface area contributed by atoms with E-state index >= 15 is 0 Å². The lowest BCUT2D eigenvalue weighted by molar-refractivity contribution is 0.0690. The third-order valence-corrected chi connectivity index (χ3v) is 4.50. The lowest BCUT2D eigenvalue weighted by atomic mass is 10.0. The quantitative estimate of drug-likeness (QED) is 0.794. The molecule has 1 aromatic carbocycles. The Morgan fingerprint density at radius 2 is 2.05 bits per heavy atom. The number of nitrogen functional groups attached to an aromatic ring is 1. The highest BCUT2D eigenvalue weighted by Crippen LogP contribution is 2.23. The summed E-state index contributed by atoms with van der Waals surface area (Å²) in [4.78, 5) is 14.4. The molecule has 2 aromatic rings. The Balaban J connectivity index is 1.64. The summed E-state index contributed by atoms with van der Waals surface area (Å²) in [6, 6.07) is 9.87. The van der Waals surface area contributed by atoms with Crippen LogP contribution in [0.4, 0.5) is 5.82 Å². The molecule has 1 fully saturated rings. The number of rotatable bonds is 2. The maximum Gasteiger partial charge on any atom is 0.253 e. The summed E-state index contributed by atoms with van der Waals surface area (Å²) in [6.45, 7) is 1.52. The molecule has 0 spiro atoms. The fraction of sp³-hybridized carbons (Fsp3) is 0.333. The molecule has 0 saturated carbocycles. The Kier molecular flexibility index (Phi) is 4.14. The van der Waals surface area contributed by atoms with Crippen molar-refractivity contribution in [2.75, 3.05) is 18.8 Å². The van der Waals surface area contributed by atoms with Crippen molar-refractivity contribution in [3.05, 3.63) is 45.7 Å². The van der Waals surface area contributed by atoms with E-state index < -0.39 is 0 Å². The maximum atomic E-state index is 12.5. The molecule has 1 aliphatic rings. The normalized spacial score (nSPS) is 16.1. The van der Waals surface area contributed by atoms with E-state index in [0.29, 0.717) is 11.9 Å². The number of halogens is 1. The molecule has 1 saturated heterocycles. The second kappa shape index (κ2) is 6.05. The van der Waals surface area contributed by atoms with Crippen molar-refractivity contribution in [2.45, 2.75) is 18.9 Å². The SMILES string of the molecule is Nc1ccn(C2CCN(C(=O)c3cccc(I)c3)CC2)n1. The van der Waals surface area contributed by atoms with Crippen LogP contribution in [0.15, 0.2) is 36.5 Å². The van der Waals surface area contributed by atoms with Crippen molar-refractivity contribution >= 4 is 34.3 Å². The summed E-state index contributed by atoms with van der Waals surface area (Å²) >= 11 is 2.23. The summed E-state index contributed by atoms with van der Waals surface area (Å²) in [7, 11) is 0. The third-order valence-electron chi connectivity index (χ3n) is 3.83. The highest BCUT2D eigenvalue weighted by Gasteiger charge is 2.25. The number of benzene rings is 1. The van der Waals surface area contributed by atoms with Crippen LogP contribution >= 0.6 is 22.6 Å². The van der Waals surface area contributed by atoms with Crippen molar-refractivity contribution in [3.63, 3.8) is 0 Å². The molecule has 2 heterocycles. The molecule has 3 rings (SSSR count). The summed E-state index contributed by atoms with van der Waals surface area (Å²) in [5, 5.41) is 4.26. The Morgan fingerprint density at radius 1 is 1.29 bits per heavy atom. The number of aromatic nitrogens is 2. The first-order valence-electron chi connectivity index (χ1n) is 6.99. The first-order valence-corrected chi connectivity index (χ1v) is 8.07. The highest BCUT2D eigenvalue weighted by atomic mass is 127. The second-order valence-electron chi connectivity index (χ2n) is 5.25. The Morgan fingerprint density at radius 3 is 2.67 bits per heavy atom. The minimum atomic E-state index is 0.118. The molecule has 110 valence electrons. The van der Waals surface area contributed by atoms with Crippen molar-refractivity contribution in [2.24, 2.45) is 0 Å². The molecule has 0 unspecified atom stereocenters. The lowest BCUT2D eigenvalue weighted by Gasteiger charge is -2.32. The molecule has 1 aliphatic heterocycles. The highest BCUT2D eigenvalue weighted by molar-refractivity contribution is 14.1. The molecular formula is C15H17IN4O. The zero-order valence-electron chi connectivity index (χ0n) is 11.6. The average Bonchev–Trinajstić information content (AvgIpc) is 2.93. The van der Waals surface area contributed by atoms with Gasteiger partial charge in [-0.15, -0.1) is 0 Å². The maximum absolute atomic E-state index is 12.5. The van der Waals surface area contributed by atoms with Gasteiger partial charge in [-0.2, -0.15) is 5.10 Å². The monoisotopic (exact) mass is 396 g/mol. The summed E-state index contributed by atoms with van der Waals surface area (Å²) in [5.41, 5.74) is 6.42. The number of nitrogens with two attached hydrogens (primary N) is 1. The van der Waals surface area contributed by atoms with Crippen LogP contribution < -0.4 is 5.73 Å². The van der Waals surface area contributed by atoms with E-state index in [1.54, 1.807) is 0 Å². The summed E-state index contributed by atoms with van der Waals surface area (Å²) in [5.74, 6) is 0.666. The van der Waals surface area contributed by atoms with Crippen molar-refractivity contribution in [1.82, 2.24) is 14.7 Å². The topological polar surface area (TPSA) is 64.2 Å². The van der Waals surface area contributed by atoms with Gasteiger partial charge in [0.25, 0.3) is 5.91 Å². The Bertz CT molecular complexity index is 647. The molecule has 1 aromatic heterocycles. The number of carbonyl (C=O) groups excluding carboxylic acids is 1. The number of carbonyl (C=O) groups is 1. The first-order chi connectivity index (χ1) is 10.1. The van der Waals surface area contributed by atoms with Crippen LogP contribution in [-0.4, -0.2) is 33.7 Å². The summed E-state index contributed by atoms with van der Waals surface area (Å²) in [6.07, 6.45) is 3.74. The van der Waals surface area contributed by atoms with Gasteiger partial charge >= 0.3 is 0 Å². The van der Waals surface area contributed by atoms with Crippen LogP contribution in [-0.2, 0) is 0 Å². The molecule has 2 N–H and O–H groups in total. The second-order valence-corrected chi connectivity index (χ2v) is 6.50. The Hall–Kier alpha value is -1.57. The van der Waals surface area contributed by atoms with E-state index in [0.717, 1.165) is 35.1 Å². The molecule has 0 aliphatic carbocycles. The molecule has 0 radical (unpaired) electrons. The van der Waals surface area contributed by atoms with Crippen molar-refractivity contribution in [1.29, 1.82) is 0 Å². The zero-order chi connectivity index (χ0) is 14.8. The third kappa shape index (κ3) is 3.20. The van der Waals surface area contributed by atoms with E-state index in [1.807, 2.05) is 46.1 Å². The number of nitrogens with zero attached hydrogens (tertiary/aromatic N) is 3. The molecule has 1 amide bonds. The van der Waals surface area contributed by atoms with Crippen LogP contribution in [0.25, 0.3) is 0 Å². The minimum Gasteiger partial charge on any atom is -0.382 e. The first kappa shape index (κ1) is 14.4. The van der Waals surface area contributed by atoms with Gasteiger partial charge in [-0.25, -0.2) is 0 Å².